The zero-order chi connectivity index (χ0) is 21.3. The van der Waals surface area contributed by atoms with E-state index in [1.54, 1.807) is 20.0 Å². The highest BCUT2D eigenvalue weighted by molar-refractivity contribution is 5.89. The summed E-state index contributed by atoms with van der Waals surface area (Å²) in [6.07, 6.45) is 4.82. The predicted molar refractivity (Wildman–Crippen MR) is 111 cm³/mol. The average molecular weight is 414 g/mol. The Morgan fingerprint density at radius 2 is 1.80 bits per heavy atom. The second kappa shape index (κ2) is 8.58. The van der Waals surface area contributed by atoms with E-state index in [9.17, 15) is 13.2 Å². The molecule has 0 aliphatic heterocycles. The molecular formula is C23H25F3N4. The van der Waals surface area contributed by atoms with E-state index in [1.807, 2.05) is 6.07 Å². The number of aryl methyl sites for hydroxylation is 1. The van der Waals surface area contributed by atoms with Gasteiger partial charge < -0.3 is 5.32 Å². The number of nitrogens with zero attached hydrogens (tertiary/aromatic N) is 3. The first-order valence-corrected chi connectivity index (χ1v) is 10.4. The van der Waals surface area contributed by atoms with Gasteiger partial charge >= 0.3 is 0 Å². The monoisotopic (exact) mass is 414 g/mol. The van der Waals surface area contributed by atoms with Gasteiger partial charge in [-0.1, -0.05) is 37.5 Å². The second-order valence-corrected chi connectivity index (χ2v) is 8.00. The van der Waals surface area contributed by atoms with Crippen LogP contribution < -0.4 is 5.32 Å². The maximum Gasteiger partial charge on any atom is 0.266 e. The van der Waals surface area contributed by atoms with Gasteiger partial charge in [0.1, 0.15) is 17.5 Å². The van der Waals surface area contributed by atoms with Crippen LogP contribution in [0.15, 0.2) is 30.5 Å². The molecule has 0 amide bonds. The number of pyridine rings is 1. The zero-order valence-electron chi connectivity index (χ0n) is 17.1. The third-order valence-corrected chi connectivity index (χ3v) is 5.85. The molecule has 0 saturated heterocycles. The molecule has 0 radical (unpaired) electrons. The molecule has 4 nitrogen and oxygen atoms in total. The quantitative estimate of drug-likeness (QED) is 0.509. The minimum Gasteiger partial charge on any atom is -0.363 e. The lowest BCUT2D eigenvalue weighted by Crippen LogP contribution is -2.13. The van der Waals surface area contributed by atoms with Crippen LogP contribution in [0.25, 0.3) is 10.9 Å². The van der Waals surface area contributed by atoms with E-state index < -0.39 is 23.8 Å². The Bertz CT molecular complexity index is 1050. The van der Waals surface area contributed by atoms with Crippen LogP contribution in [0.2, 0.25) is 0 Å². The van der Waals surface area contributed by atoms with Crippen molar-refractivity contribution in [2.45, 2.75) is 64.3 Å². The van der Waals surface area contributed by atoms with E-state index in [-0.39, 0.29) is 5.56 Å². The molecular weight excluding hydrogens is 389 g/mol. The van der Waals surface area contributed by atoms with E-state index in [1.165, 1.54) is 31.4 Å². The first-order valence-electron chi connectivity index (χ1n) is 10.4. The molecule has 30 heavy (non-hydrogen) atoms. The van der Waals surface area contributed by atoms with Gasteiger partial charge in [0.25, 0.3) is 6.43 Å². The minimum atomic E-state index is -2.86. The Balaban J connectivity index is 1.70. The molecule has 1 aliphatic carbocycles. The molecule has 7 heteroatoms. The molecule has 0 bridgehead atoms. The maximum atomic E-state index is 14.6. The first-order chi connectivity index (χ1) is 14.4. The first kappa shape index (κ1) is 20.6. The van der Waals surface area contributed by atoms with Crippen molar-refractivity contribution in [2.24, 2.45) is 0 Å². The molecule has 1 aliphatic rings. The molecule has 0 spiro atoms. The molecule has 1 atom stereocenters. The Morgan fingerprint density at radius 1 is 1.07 bits per heavy atom. The lowest BCUT2D eigenvalue weighted by Gasteiger charge is -2.22. The lowest BCUT2D eigenvalue weighted by atomic mass is 9.86. The van der Waals surface area contributed by atoms with Gasteiger partial charge in [-0.2, -0.15) is 0 Å². The van der Waals surface area contributed by atoms with Crippen LogP contribution in [-0.2, 0) is 0 Å². The van der Waals surface area contributed by atoms with Crippen molar-refractivity contribution in [1.29, 1.82) is 0 Å². The third kappa shape index (κ3) is 4.11. The lowest BCUT2D eigenvalue weighted by molar-refractivity contribution is 0.146. The van der Waals surface area contributed by atoms with Crippen LogP contribution in [0, 0.1) is 12.7 Å². The van der Waals surface area contributed by atoms with E-state index in [0.717, 1.165) is 30.0 Å². The largest absolute Gasteiger partial charge is 0.363 e. The maximum absolute atomic E-state index is 14.6. The van der Waals surface area contributed by atoms with Crippen molar-refractivity contribution < 1.29 is 13.2 Å². The molecule has 158 valence electrons. The van der Waals surface area contributed by atoms with Crippen molar-refractivity contribution in [2.75, 3.05) is 5.32 Å². The standard InChI is InChI=1S/C23H25F3N4/c1-13(16-9-6-10-17(21(16)24)22(25)26)28-23-18-11-19(15-7-4-3-5-8-15)27-12-20(18)29-14(2)30-23/h6,9-13,15,22H,3-5,7-8H2,1-2H3,(H,28,29,30)/t13-/m1/s1. The van der Waals surface area contributed by atoms with E-state index in [4.69, 9.17) is 0 Å². The number of hydrogen-bond acceptors (Lipinski definition) is 4. The highest BCUT2D eigenvalue weighted by atomic mass is 19.3. The van der Waals surface area contributed by atoms with Gasteiger partial charge in [-0.25, -0.2) is 23.1 Å². The summed E-state index contributed by atoms with van der Waals surface area (Å²) in [5.41, 5.74) is 1.32. The smallest absolute Gasteiger partial charge is 0.266 e. The SMILES string of the molecule is Cc1nc(N[C@H](C)c2cccc(C(F)F)c2F)c2cc(C3CCCCC3)ncc2n1. The molecule has 3 aromatic rings. The second-order valence-electron chi connectivity index (χ2n) is 8.00. The molecule has 4 rings (SSSR count). The van der Waals surface area contributed by atoms with Gasteiger partial charge in [-0.05, 0) is 32.8 Å². The van der Waals surface area contributed by atoms with Gasteiger partial charge in [0.2, 0.25) is 0 Å². The van der Waals surface area contributed by atoms with Crippen LogP contribution in [0.5, 0.6) is 0 Å². The number of fused-ring (bicyclic) bond motifs is 1. The van der Waals surface area contributed by atoms with Crippen molar-refractivity contribution >= 4 is 16.7 Å². The zero-order valence-corrected chi connectivity index (χ0v) is 17.1. The highest BCUT2D eigenvalue weighted by Gasteiger charge is 2.21. The van der Waals surface area contributed by atoms with Crippen molar-refractivity contribution in [3.63, 3.8) is 0 Å². The summed E-state index contributed by atoms with van der Waals surface area (Å²) < 4.78 is 40.8. The summed E-state index contributed by atoms with van der Waals surface area (Å²) in [5, 5.41) is 4.03. The fourth-order valence-corrected chi connectivity index (χ4v) is 4.25. The normalized spacial score (nSPS) is 16.2. The predicted octanol–water partition coefficient (Wildman–Crippen LogP) is 6.63. The number of anilines is 1. The number of alkyl halides is 2. The fourth-order valence-electron chi connectivity index (χ4n) is 4.25. The fraction of sp³-hybridized carbons (Fsp3) is 0.435. The number of benzene rings is 1. The number of nitrogens with one attached hydrogen (secondary N) is 1. The summed E-state index contributed by atoms with van der Waals surface area (Å²) >= 11 is 0. The van der Waals surface area contributed by atoms with Gasteiger partial charge in [-0.15, -0.1) is 0 Å². The van der Waals surface area contributed by atoms with Crippen LogP contribution in [-0.4, -0.2) is 15.0 Å². The molecule has 1 fully saturated rings. The van der Waals surface area contributed by atoms with Crippen molar-refractivity contribution in [3.05, 3.63) is 58.9 Å². The number of hydrogen-bond donors (Lipinski definition) is 1. The van der Waals surface area contributed by atoms with Crippen LogP contribution in [0.3, 0.4) is 0 Å². The van der Waals surface area contributed by atoms with Crippen LogP contribution in [0.4, 0.5) is 19.0 Å². The summed E-state index contributed by atoms with van der Waals surface area (Å²) in [6, 6.07) is 5.55. The highest BCUT2D eigenvalue weighted by Crippen LogP contribution is 2.34. The third-order valence-electron chi connectivity index (χ3n) is 5.85. The number of halogens is 3. The van der Waals surface area contributed by atoms with E-state index in [2.05, 4.69) is 20.3 Å². The Labute approximate surface area is 174 Å². The summed E-state index contributed by atoms with van der Waals surface area (Å²) in [6.45, 7) is 3.52. The topological polar surface area (TPSA) is 50.7 Å². The minimum absolute atomic E-state index is 0.179. The number of aromatic nitrogens is 3. The average Bonchev–Trinajstić information content (AvgIpc) is 2.74. The van der Waals surface area contributed by atoms with Crippen molar-refractivity contribution in [1.82, 2.24) is 15.0 Å². The Hall–Kier alpha value is -2.70. The summed E-state index contributed by atoms with van der Waals surface area (Å²) in [5.74, 6) is 0.666. The van der Waals surface area contributed by atoms with Gasteiger partial charge in [-0.3, -0.25) is 4.98 Å². The van der Waals surface area contributed by atoms with Gasteiger partial charge in [0, 0.05) is 22.6 Å². The van der Waals surface area contributed by atoms with Gasteiger partial charge in [0.05, 0.1) is 23.3 Å². The molecule has 2 aromatic heterocycles. The summed E-state index contributed by atoms with van der Waals surface area (Å²) in [7, 11) is 0. The number of rotatable bonds is 5. The summed E-state index contributed by atoms with van der Waals surface area (Å²) in [4.78, 5) is 13.6. The van der Waals surface area contributed by atoms with Crippen molar-refractivity contribution in [3.8, 4) is 0 Å². The van der Waals surface area contributed by atoms with E-state index >= 15 is 0 Å². The Morgan fingerprint density at radius 3 is 2.53 bits per heavy atom. The molecule has 0 unspecified atom stereocenters. The molecule has 2 heterocycles. The van der Waals surface area contributed by atoms with Gasteiger partial charge in [0.15, 0.2) is 0 Å². The molecule has 1 N–H and O–H groups in total. The van der Waals surface area contributed by atoms with Crippen LogP contribution in [0.1, 0.15) is 80.1 Å². The Kier molecular flexibility index (Phi) is 5.88. The molecule has 1 aromatic carbocycles. The van der Waals surface area contributed by atoms with Crippen LogP contribution >= 0.6 is 0 Å². The van der Waals surface area contributed by atoms with E-state index in [0.29, 0.717) is 23.1 Å². The molecule has 1 saturated carbocycles.